The molecule has 3 aromatic rings. The number of nitrogens with zero attached hydrogens (tertiary/aromatic N) is 3. The van der Waals surface area contributed by atoms with Crippen molar-refractivity contribution in [1.29, 1.82) is 0 Å². The van der Waals surface area contributed by atoms with Crippen molar-refractivity contribution in [3.8, 4) is 11.5 Å². The van der Waals surface area contributed by atoms with Gasteiger partial charge in [0.05, 0.1) is 32.1 Å². The van der Waals surface area contributed by atoms with Gasteiger partial charge in [-0.15, -0.1) is 0 Å². The molecule has 9 nitrogen and oxygen atoms in total. The zero-order chi connectivity index (χ0) is 20.9. The number of H-pyrrole nitrogens is 1. The number of aromatic amines is 1. The third kappa shape index (κ3) is 2.90. The van der Waals surface area contributed by atoms with Gasteiger partial charge in [0.1, 0.15) is 27.9 Å². The predicted molar refractivity (Wildman–Crippen MR) is 108 cm³/mol. The van der Waals surface area contributed by atoms with Crippen molar-refractivity contribution >= 4 is 46.0 Å². The number of pyridine rings is 1. The molecule has 2 N–H and O–H groups in total. The quantitative estimate of drug-likeness (QED) is 0.673. The molecule has 3 heterocycles. The molecule has 1 aliphatic heterocycles. The van der Waals surface area contributed by atoms with E-state index in [1.165, 1.54) is 30.1 Å². The molecule has 150 valence electrons. The first-order valence-electron chi connectivity index (χ1n) is 8.56. The number of fused-ring (bicyclic) bond motifs is 3. The maximum atomic E-state index is 13.2. The van der Waals surface area contributed by atoms with E-state index < -0.39 is 5.97 Å². The number of rotatable bonds is 4. The molecular formula is C19H17ClN4O5. The molecule has 10 heteroatoms. The first kappa shape index (κ1) is 18.9. The van der Waals surface area contributed by atoms with Crippen molar-refractivity contribution in [2.24, 2.45) is 0 Å². The van der Waals surface area contributed by atoms with Crippen molar-refractivity contribution in [2.45, 2.75) is 6.54 Å². The average molecular weight is 417 g/mol. The van der Waals surface area contributed by atoms with E-state index in [2.05, 4.69) is 9.97 Å². The summed E-state index contributed by atoms with van der Waals surface area (Å²) in [4.78, 5) is 34.5. The van der Waals surface area contributed by atoms with Crippen molar-refractivity contribution < 1.29 is 24.2 Å². The summed E-state index contributed by atoms with van der Waals surface area (Å²) in [6.45, 7) is 0.199. The number of urea groups is 1. The lowest BCUT2D eigenvalue weighted by Gasteiger charge is -2.35. The fraction of sp³-hybridized carbons (Fsp3) is 0.211. The molecule has 29 heavy (non-hydrogen) atoms. The lowest BCUT2D eigenvalue weighted by atomic mass is 10.1. The lowest BCUT2D eigenvalue weighted by Crippen LogP contribution is -2.45. The Kier molecular flexibility index (Phi) is 4.46. The number of nitrogens with one attached hydrogen (secondary N) is 1. The monoisotopic (exact) mass is 416 g/mol. The number of amides is 2. The summed E-state index contributed by atoms with van der Waals surface area (Å²) in [5, 5.41) is 10.1. The Hall–Kier alpha value is -3.46. The fourth-order valence-electron chi connectivity index (χ4n) is 3.45. The molecule has 0 unspecified atom stereocenters. The van der Waals surface area contributed by atoms with E-state index in [1.807, 2.05) is 0 Å². The number of carbonyl (C=O) groups is 2. The van der Waals surface area contributed by atoms with Gasteiger partial charge in [-0.1, -0.05) is 11.6 Å². The van der Waals surface area contributed by atoms with Crippen LogP contribution >= 0.6 is 11.6 Å². The number of halogens is 1. The van der Waals surface area contributed by atoms with E-state index >= 15 is 0 Å². The summed E-state index contributed by atoms with van der Waals surface area (Å²) in [7, 11) is 4.61. The van der Waals surface area contributed by atoms with Crippen molar-refractivity contribution in [3.05, 3.63) is 40.7 Å². The largest absolute Gasteiger partial charge is 0.497 e. The van der Waals surface area contributed by atoms with E-state index in [-0.39, 0.29) is 23.3 Å². The number of carboxylic acid groups (broad SMARTS) is 1. The van der Waals surface area contributed by atoms with Crippen molar-refractivity contribution in [1.82, 2.24) is 9.97 Å². The molecule has 0 spiro atoms. The number of methoxy groups -OCH3 is 2. The van der Waals surface area contributed by atoms with Crippen LogP contribution in [0.3, 0.4) is 0 Å². The highest BCUT2D eigenvalue weighted by Crippen LogP contribution is 2.42. The second kappa shape index (κ2) is 6.85. The second-order valence-electron chi connectivity index (χ2n) is 6.47. The smallest absolute Gasteiger partial charge is 0.352 e. The summed E-state index contributed by atoms with van der Waals surface area (Å²) in [5.41, 5.74) is 2.19. The zero-order valence-electron chi connectivity index (χ0n) is 15.8. The maximum absolute atomic E-state index is 13.2. The summed E-state index contributed by atoms with van der Waals surface area (Å²) >= 11 is 6.47. The van der Waals surface area contributed by atoms with E-state index in [9.17, 15) is 14.7 Å². The number of carbonyl (C=O) groups excluding carboxylic acids is 1. The van der Waals surface area contributed by atoms with Crippen LogP contribution in [0.5, 0.6) is 11.5 Å². The van der Waals surface area contributed by atoms with Crippen LogP contribution in [0.15, 0.2) is 24.4 Å². The first-order chi connectivity index (χ1) is 13.8. The minimum atomic E-state index is -1.10. The number of hydrogen-bond donors (Lipinski definition) is 2. The van der Waals surface area contributed by atoms with Crippen molar-refractivity contribution in [3.63, 3.8) is 0 Å². The van der Waals surface area contributed by atoms with Gasteiger partial charge < -0.3 is 19.6 Å². The Balaban J connectivity index is 1.85. The molecular weight excluding hydrogens is 400 g/mol. The van der Waals surface area contributed by atoms with Gasteiger partial charge in [-0.05, 0) is 6.07 Å². The molecule has 0 fully saturated rings. The van der Waals surface area contributed by atoms with Gasteiger partial charge in [-0.25, -0.2) is 14.6 Å². The number of aromatic carboxylic acids is 1. The van der Waals surface area contributed by atoms with E-state index in [0.29, 0.717) is 33.9 Å². The van der Waals surface area contributed by atoms with Gasteiger partial charge in [-0.3, -0.25) is 9.80 Å². The number of aromatic nitrogens is 2. The molecule has 0 aliphatic carbocycles. The third-order valence-corrected chi connectivity index (χ3v) is 5.24. The number of anilines is 2. The SMILES string of the molecule is COc1cc(OC)c(Cl)c(N2Cc3cnc4[nH]c(C(=O)O)cc4c3N(C)C2=O)c1. The Labute approximate surface area is 170 Å². The van der Waals surface area contributed by atoms with Gasteiger partial charge in [0.25, 0.3) is 0 Å². The van der Waals surface area contributed by atoms with E-state index in [4.69, 9.17) is 21.1 Å². The molecule has 2 amide bonds. The maximum Gasteiger partial charge on any atom is 0.352 e. The first-order valence-corrected chi connectivity index (χ1v) is 8.94. The predicted octanol–water partition coefficient (Wildman–Crippen LogP) is 3.51. The van der Waals surface area contributed by atoms with Crippen LogP contribution in [0.2, 0.25) is 5.02 Å². The van der Waals surface area contributed by atoms with E-state index in [0.717, 1.165) is 5.56 Å². The highest BCUT2D eigenvalue weighted by molar-refractivity contribution is 6.35. The molecule has 0 atom stereocenters. The normalized spacial score (nSPS) is 13.6. The molecule has 1 aliphatic rings. The van der Waals surface area contributed by atoms with Gasteiger partial charge >= 0.3 is 12.0 Å². The van der Waals surface area contributed by atoms with Gasteiger partial charge in [0, 0.05) is 36.3 Å². The highest BCUT2D eigenvalue weighted by Gasteiger charge is 2.33. The van der Waals surface area contributed by atoms with Crippen LogP contribution in [-0.2, 0) is 6.54 Å². The molecule has 0 saturated heterocycles. The Morgan fingerprint density at radius 1 is 1.28 bits per heavy atom. The topological polar surface area (TPSA) is 108 Å². The van der Waals surface area contributed by atoms with Crippen LogP contribution in [-0.4, -0.2) is 48.3 Å². The summed E-state index contributed by atoms with van der Waals surface area (Å²) in [6, 6.07) is 4.44. The van der Waals surface area contributed by atoms with Crippen LogP contribution in [0.1, 0.15) is 16.1 Å². The van der Waals surface area contributed by atoms with Gasteiger partial charge in [0.2, 0.25) is 0 Å². The fourth-order valence-corrected chi connectivity index (χ4v) is 3.74. The number of carboxylic acids is 1. The average Bonchev–Trinajstić information content (AvgIpc) is 3.15. The summed E-state index contributed by atoms with van der Waals surface area (Å²) < 4.78 is 10.6. The molecule has 1 aromatic carbocycles. The Morgan fingerprint density at radius 2 is 2.03 bits per heavy atom. The molecule has 0 radical (unpaired) electrons. The standard InChI is InChI=1S/C19H17ClN4O5/c1-23-16-9(7-21-17-11(16)6-12(22-17)18(25)26)8-24(19(23)27)13-4-10(28-2)5-14(29-3)15(13)20/h4-7H,8H2,1-3H3,(H,21,22)(H,25,26). The van der Waals surface area contributed by atoms with Crippen LogP contribution < -0.4 is 19.3 Å². The van der Waals surface area contributed by atoms with Crippen molar-refractivity contribution in [2.75, 3.05) is 31.1 Å². The number of ether oxygens (including phenoxy) is 2. The molecule has 4 rings (SSSR count). The second-order valence-corrected chi connectivity index (χ2v) is 6.85. The third-order valence-electron chi connectivity index (χ3n) is 4.86. The number of hydrogen-bond acceptors (Lipinski definition) is 5. The minimum absolute atomic E-state index is 0.00440. The van der Waals surface area contributed by atoms with Crippen LogP contribution in [0.25, 0.3) is 11.0 Å². The Morgan fingerprint density at radius 3 is 2.69 bits per heavy atom. The zero-order valence-corrected chi connectivity index (χ0v) is 16.6. The Bertz CT molecular complexity index is 1160. The van der Waals surface area contributed by atoms with Gasteiger partial charge in [0.15, 0.2) is 0 Å². The van der Waals surface area contributed by atoms with E-state index in [1.54, 1.807) is 25.4 Å². The summed E-state index contributed by atoms with van der Waals surface area (Å²) in [6.07, 6.45) is 1.61. The molecule has 0 saturated carbocycles. The highest BCUT2D eigenvalue weighted by atomic mass is 35.5. The molecule has 0 bridgehead atoms. The molecule has 2 aromatic heterocycles. The van der Waals surface area contributed by atoms with Gasteiger partial charge in [-0.2, -0.15) is 0 Å². The number of benzene rings is 1. The van der Waals surface area contributed by atoms with Crippen LogP contribution in [0, 0.1) is 0 Å². The lowest BCUT2D eigenvalue weighted by molar-refractivity contribution is 0.0691. The van der Waals surface area contributed by atoms with Crippen LogP contribution in [0.4, 0.5) is 16.2 Å². The minimum Gasteiger partial charge on any atom is -0.497 e. The summed E-state index contributed by atoms with van der Waals surface area (Å²) in [5.74, 6) is -0.223.